The summed E-state index contributed by atoms with van der Waals surface area (Å²) in [6.07, 6.45) is -0.950. The van der Waals surface area contributed by atoms with Crippen LogP contribution < -0.4 is 15.3 Å². The molecule has 5 rings (SSSR count). The van der Waals surface area contributed by atoms with Crippen molar-refractivity contribution in [2.45, 2.75) is 31.5 Å². The molecular weight excluding hydrogens is 563 g/mol. The molecule has 0 amide bonds. The first-order valence-electron chi connectivity index (χ1n) is 12.2. The standard InChI is InChI=1S/C25H26ClN6O7P/c26-25-30-23(27)22-24(31-25)32(15-28-22)20-11-18(19(13-33)37-20)39-40(35,38-17-9-5-2-6-10-17)29-12-21(34)36-14-16-7-3-1-4-8-16/h1-10,15,18-20,33H,11-14H2,(H,29,35)(H2,27,30,31)/t18?,19-,20-,40?/m1/s1. The third-order valence-corrected chi connectivity index (χ3v) is 7.71. The van der Waals surface area contributed by atoms with E-state index < -0.39 is 45.3 Å². The molecule has 3 heterocycles. The zero-order valence-corrected chi connectivity index (χ0v) is 22.6. The maximum Gasteiger partial charge on any atom is 0.459 e. The Kier molecular flexibility index (Phi) is 8.60. The van der Waals surface area contributed by atoms with E-state index in [1.807, 2.05) is 30.3 Å². The summed E-state index contributed by atoms with van der Waals surface area (Å²) in [5, 5.41) is 12.5. The Hall–Kier alpha value is -3.58. The first kappa shape index (κ1) is 28.0. The molecule has 0 bridgehead atoms. The third-order valence-electron chi connectivity index (χ3n) is 5.99. The zero-order valence-electron chi connectivity index (χ0n) is 21.0. The second-order valence-corrected chi connectivity index (χ2v) is 10.8. The SMILES string of the molecule is Nc1nc(Cl)nc2c1ncn2[C@H]1CC(OP(=O)(NCC(=O)OCc2ccccc2)Oc2ccccc2)[C@@H](CO)O1. The van der Waals surface area contributed by atoms with Crippen LogP contribution in [-0.2, 0) is 30.0 Å². The van der Waals surface area contributed by atoms with Crippen molar-refractivity contribution in [1.82, 2.24) is 24.6 Å². The number of hydrogen-bond acceptors (Lipinski definition) is 11. The van der Waals surface area contributed by atoms with Gasteiger partial charge in [0.25, 0.3) is 0 Å². The molecule has 1 saturated heterocycles. The molecular formula is C25H26ClN6O7P. The molecule has 0 aliphatic carbocycles. The monoisotopic (exact) mass is 588 g/mol. The van der Waals surface area contributed by atoms with Crippen molar-refractivity contribution in [3.05, 3.63) is 77.8 Å². The molecule has 13 nitrogen and oxygen atoms in total. The Morgan fingerprint density at radius 2 is 1.90 bits per heavy atom. The predicted octanol–water partition coefficient (Wildman–Crippen LogP) is 3.25. The molecule has 2 aromatic heterocycles. The first-order chi connectivity index (χ1) is 19.3. The molecule has 2 unspecified atom stereocenters. The summed E-state index contributed by atoms with van der Waals surface area (Å²) in [6.45, 7) is -0.859. The highest BCUT2D eigenvalue weighted by molar-refractivity contribution is 7.52. The number of esters is 1. The lowest BCUT2D eigenvalue weighted by molar-refractivity contribution is -0.143. The molecule has 2 aromatic carbocycles. The molecule has 0 radical (unpaired) electrons. The van der Waals surface area contributed by atoms with Crippen molar-refractivity contribution in [2.24, 2.45) is 0 Å². The fraction of sp³-hybridized carbons (Fsp3) is 0.280. The number of nitrogen functional groups attached to an aromatic ring is 1. The predicted molar refractivity (Wildman–Crippen MR) is 144 cm³/mol. The lowest BCUT2D eigenvalue weighted by Gasteiger charge is -2.24. The number of para-hydroxylation sites is 1. The summed E-state index contributed by atoms with van der Waals surface area (Å²) < 4.78 is 38.3. The van der Waals surface area contributed by atoms with Crippen LogP contribution in [0.2, 0.25) is 5.28 Å². The van der Waals surface area contributed by atoms with Crippen LogP contribution in [-0.4, -0.2) is 56.0 Å². The molecule has 15 heteroatoms. The number of carbonyl (C=O) groups excluding carboxylic acids is 1. The van der Waals surface area contributed by atoms with Crippen LogP contribution in [0.4, 0.5) is 5.82 Å². The van der Waals surface area contributed by atoms with Gasteiger partial charge in [-0.25, -0.2) is 14.6 Å². The molecule has 210 valence electrons. The number of aliphatic hydroxyl groups is 1. The zero-order chi connectivity index (χ0) is 28.1. The van der Waals surface area contributed by atoms with Gasteiger partial charge in [0.2, 0.25) is 5.28 Å². The summed E-state index contributed by atoms with van der Waals surface area (Å²) >= 11 is 5.98. The van der Waals surface area contributed by atoms with E-state index in [4.69, 9.17) is 35.9 Å². The number of nitrogens with one attached hydrogen (secondary N) is 1. The Morgan fingerprint density at radius 3 is 2.62 bits per heavy atom. The van der Waals surface area contributed by atoms with Crippen molar-refractivity contribution >= 4 is 42.3 Å². The van der Waals surface area contributed by atoms with Crippen molar-refractivity contribution < 1.29 is 33.0 Å². The molecule has 1 aliphatic rings. The molecule has 4 atom stereocenters. The minimum Gasteiger partial charge on any atom is -0.460 e. The largest absolute Gasteiger partial charge is 0.460 e. The molecule has 40 heavy (non-hydrogen) atoms. The van der Waals surface area contributed by atoms with Crippen LogP contribution in [0.3, 0.4) is 0 Å². The van der Waals surface area contributed by atoms with Gasteiger partial charge < -0.3 is 24.8 Å². The Bertz CT molecular complexity index is 1510. The van der Waals surface area contributed by atoms with Gasteiger partial charge in [-0.3, -0.25) is 13.9 Å². The van der Waals surface area contributed by atoms with Crippen molar-refractivity contribution in [3.63, 3.8) is 0 Å². The number of hydrogen-bond donors (Lipinski definition) is 3. The van der Waals surface area contributed by atoms with Gasteiger partial charge in [0.15, 0.2) is 11.5 Å². The van der Waals surface area contributed by atoms with E-state index in [-0.39, 0.29) is 29.9 Å². The Labute approximate surface area is 233 Å². The topological polar surface area (TPSA) is 173 Å². The number of carbonyl (C=O) groups is 1. The minimum absolute atomic E-state index is 0.0493. The van der Waals surface area contributed by atoms with E-state index in [1.165, 1.54) is 6.33 Å². The fourth-order valence-electron chi connectivity index (χ4n) is 4.11. The van der Waals surface area contributed by atoms with Crippen molar-refractivity contribution in [3.8, 4) is 5.75 Å². The van der Waals surface area contributed by atoms with Gasteiger partial charge in [-0.1, -0.05) is 48.5 Å². The molecule has 1 fully saturated rings. The number of fused-ring (bicyclic) bond motifs is 1. The van der Waals surface area contributed by atoms with Crippen LogP contribution in [0.15, 0.2) is 67.0 Å². The number of nitrogens with two attached hydrogens (primary N) is 1. The van der Waals surface area contributed by atoms with Crippen LogP contribution in [0.5, 0.6) is 5.75 Å². The maximum absolute atomic E-state index is 13.9. The number of anilines is 1. The number of ether oxygens (including phenoxy) is 2. The van der Waals surface area contributed by atoms with E-state index in [1.54, 1.807) is 34.9 Å². The third kappa shape index (κ3) is 6.58. The van der Waals surface area contributed by atoms with Crippen molar-refractivity contribution in [2.75, 3.05) is 18.9 Å². The van der Waals surface area contributed by atoms with Gasteiger partial charge >= 0.3 is 13.7 Å². The summed E-state index contributed by atoms with van der Waals surface area (Å²) in [5.41, 5.74) is 7.35. The summed E-state index contributed by atoms with van der Waals surface area (Å²) in [7, 11) is -4.19. The smallest absolute Gasteiger partial charge is 0.459 e. The van der Waals surface area contributed by atoms with Gasteiger partial charge in [-0.2, -0.15) is 9.97 Å². The van der Waals surface area contributed by atoms with E-state index in [0.717, 1.165) is 5.56 Å². The second-order valence-electron chi connectivity index (χ2n) is 8.78. The highest BCUT2D eigenvalue weighted by Crippen LogP contribution is 2.49. The van der Waals surface area contributed by atoms with Crippen LogP contribution >= 0.6 is 19.3 Å². The van der Waals surface area contributed by atoms with Gasteiger partial charge in [0, 0.05) is 6.42 Å². The molecule has 1 aliphatic heterocycles. The number of aliphatic hydroxyl groups excluding tert-OH is 1. The summed E-state index contributed by atoms with van der Waals surface area (Å²) in [6, 6.07) is 17.5. The molecule has 4 N–H and O–H groups in total. The lowest BCUT2D eigenvalue weighted by Crippen LogP contribution is -2.32. The van der Waals surface area contributed by atoms with E-state index in [0.29, 0.717) is 11.2 Å². The van der Waals surface area contributed by atoms with E-state index >= 15 is 0 Å². The Morgan fingerprint density at radius 1 is 1.18 bits per heavy atom. The van der Waals surface area contributed by atoms with E-state index in [9.17, 15) is 14.5 Å². The molecule has 0 saturated carbocycles. The number of aromatic nitrogens is 4. The highest BCUT2D eigenvalue weighted by atomic mass is 35.5. The molecule has 0 spiro atoms. The lowest BCUT2D eigenvalue weighted by atomic mass is 10.2. The van der Waals surface area contributed by atoms with Gasteiger partial charge in [-0.15, -0.1) is 0 Å². The average molecular weight is 589 g/mol. The number of imidazole rings is 1. The van der Waals surface area contributed by atoms with Crippen molar-refractivity contribution in [1.29, 1.82) is 0 Å². The number of nitrogens with zero attached hydrogens (tertiary/aromatic N) is 4. The van der Waals surface area contributed by atoms with Crippen LogP contribution in [0.1, 0.15) is 18.2 Å². The van der Waals surface area contributed by atoms with Crippen LogP contribution in [0.25, 0.3) is 11.2 Å². The van der Waals surface area contributed by atoms with Crippen LogP contribution in [0, 0.1) is 0 Å². The summed E-state index contributed by atoms with van der Waals surface area (Å²) in [4.78, 5) is 24.7. The van der Waals surface area contributed by atoms with Gasteiger partial charge in [0.05, 0.1) is 12.9 Å². The molecule has 4 aromatic rings. The highest BCUT2D eigenvalue weighted by Gasteiger charge is 2.43. The van der Waals surface area contributed by atoms with E-state index in [2.05, 4.69) is 20.0 Å². The van der Waals surface area contributed by atoms with Gasteiger partial charge in [0.1, 0.15) is 42.9 Å². The second kappa shape index (κ2) is 12.3. The average Bonchev–Trinajstić information content (AvgIpc) is 3.55. The first-order valence-corrected chi connectivity index (χ1v) is 14.2. The number of rotatable bonds is 11. The maximum atomic E-state index is 13.9. The number of halogens is 1. The fourth-order valence-corrected chi connectivity index (χ4v) is 5.76. The summed E-state index contributed by atoms with van der Waals surface area (Å²) in [5.74, 6) is -0.320. The Balaban J connectivity index is 1.31. The minimum atomic E-state index is -4.19. The number of benzene rings is 2. The quantitative estimate of drug-likeness (QED) is 0.133. The normalized spacial score (nSPS) is 20.3. The van der Waals surface area contributed by atoms with Gasteiger partial charge in [-0.05, 0) is 29.3 Å².